The predicted octanol–water partition coefficient (Wildman–Crippen LogP) is 4.52. The van der Waals surface area contributed by atoms with Crippen LogP contribution >= 0.6 is 0 Å². The van der Waals surface area contributed by atoms with Crippen molar-refractivity contribution in [2.24, 2.45) is 0 Å². The van der Waals surface area contributed by atoms with Gasteiger partial charge in [0.1, 0.15) is 24.4 Å². The highest BCUT2D eigenvalue weighted by molar-refractivity contribution is 4.89. The second-order valence-corrected chi connectivity index (χ2v) is 8.39. The molecule has 0 radical (unpaired) electrons. The summed E-state index contributed by atoms with van der Waals surface area (Å²) in [6.07, 6.45) is 19.6. The number of allylic oxidation sites excluding steroid dienone is 2. The first kappa shape index (κ1) is 26.6. The average Bonchev–Trinajstić information content (AvgIpc) is 3.10. The zero-order chi connectivity index (χ0) is 21.2. The van der Waals surface area contributed by atoms with E-state index >= 15 is 0 Å². The van der Waals surface area contributed by atoms with Crippen LogP contribution in [0, 0.1) is 0 Å². The summed E-state index contributed by atoms with van der Waals surface area (Å²) in [5, 5.41) is 28.6. The minimum atomic E-state index is -1.06. The fraction of sp³-hybridized carbons (Fsp3) is 0.917. The fourth-order valence-electron chi connectivity index (χ4n) is 3.80. The van der Waals surface area contributed by atoms with Gasteiger partial charge in [-0.3, -0.25) is 0 Å². The van der Waals surface area contributed by atoms with Gasteiger partial charge in [0.25, 0.3) is 0 Å². The summed E-state index contributed by atoms with van der Waals surface area (Å²) in [6.45, 7) is 2.68. The summed E-state index contributed by atoms with van der Waals surface area (Å²) in [7, 11) is 0. The number of hydrogen-bond donors (Lipinski definition) is 3. The van der Waals surface area contributed by atoms with Crippen LogP contribution in [0.1, 0.15) is 96.8 Å². The molecule has 0 amide bonds. The summed E-state index contributed by atoms with van der Waals surface area (Å²) in [5.74, 6) is 0. The Morgan fingerprint density at radius 1 is 0.897 bits per heavy atom. The van der Waals surface area contributed by atoms with Crippen molar-refractivity contribution >= 4 is 0 Å². The molecule has 4 atom stereocenters. The van der Waals surface area contributed by atoms with Crippen molar-refractivity contribution in [1.82, 2.24) is 0 Å². The maximum absolute atomic E-state index is 10.1. The Morgan fingerprint density at radius 2 is 1.45 bits per heavy atom. The van der Waals surface area contributed by atoms with Gasteiger partial charge in [-0.05, 0) is 25.7 Å². The van der Waals surface area contributed by atoms with Crippen LogP contribution < -0.4 is 0 Å². The standard InChI is InChI=1S/C24H46O5/c1-2-3-4-5-6-7-8-9-10-11-12-13-14-15-16-17-18-28-22-20-29-24(23(22)27)21(26)19-25/h14-15,21-27H,2-13,16-20H2,1H3/b15-14+/t21-,22+,23-,24-/m0/s1. The van der Waals surface area contributed by atoms with Crippen LogP contribution in [0.5, 0.6) is 0 Å². The minimum Gasteiger partial charge on any atom is -0.394 e. The van der Waals surface area contributed by atoms with Crippen molar-refractivity contribution in [2.75, 3.05) is 19.8 Å². The summed E-state index contributed by atoms with van der Waals surface area (Å²) < 4.78 is 11.0. The molecule has 5 heteroatoms. The highest BCUT2D eigenvalue weighted by Crippen LogP contribution is 2.20. The molecule has 0 saturated carbocycles. The van der Waals surface area contributed by atoms with Gasteiger partial charge in [-0.25, -0.2) is 0 Å². The first-order valence-electron chi connectivity index (χ1n) is 12.1. The molecule has 29 heavy (non-hydrogen) atoms. The Hall–Kier alpha value is -0.460. The summed E-state index contributed by atoms with van der Waals surface area (Å²) in [6, 6.07) is 0. The zero-order valence-electron chi connectivity index (χ0n) is 18.6. The number of hydrogen-bond acceptors (Lipinski definition) is 5. The molecule has 172 valence electrons. The largest absolute Gasteiger partial charge is 0.394 e. The number of aliphatic hydroxyl groups is 3. The smallest absolute Gasteiger partial charge is 0.114 e. The molecule has 1 aliphatic heterocycles. The van der Waals surface area contributed by atoms with Gasteiger partial charge in [-0.1, -0.05) is 83.3 Å². The van der Waals surface area contributed by atoms with Crippen LogP contribution in [0.2, 0.25) is 0 Å². The molecule has 1 aliphatic rings. The van der Waals surface area contributed by atoms with Crippen molar-refractivity contribution in [3.8, 4) is 0 Å². The zero-order valence-corrected chi connectivity index (χ0v) is 18.6. The molecule has 1 saturated heterocycles. The van der Waals surface area contributed by atoms with Crippen LogP contribution in [-0.2, 0) is 9.47 Å². The van der Waals surface area contributed by atoms with Crippen molar-refractivity contribution in [3.05, 3.63) is 12.2 Å². The molecule has 1 heterocycles. The Labute approximate surface area is 178 Å². The van der Waals surface area contributed by atoms with Crippen LogP contribution in [0.3, 0.4) is 0 Å². The van der Waals surface area contributed by atoms with E-state index in [4.69, 9.17) is 14.6 Å². The Balaban J connectivity index is 1.84. The maximum atomic E-state index is 10.1. The topological polar surface area (TPSA) is 79.2 Å². The molecule has 5 nitrogen and oxygen atoms in total. The van der Waals surface area contributed by atoms with Gasteiger partial charge in [-0.15, -0.1) is 0 Å². The number of unbranched alkanes of at least 4 members (excludes halogenated alkanes) is 12. The van der Waals surface area contributed by atoms with Crippen LogP contribution in [0.25, 0.3) is 0 Å². The third-order valence-corrected chi connectivity index (χ3v) is 5.72. The fourth-order valence-corrected chi connectivity index (χ4v) is 3.80. The molecular weight excluding hydrogens is 368 g/mol. The maximum Gasteiger partial charge on any atom is 0.114 e. The minimum absolute atomic E-state index is 0.261. The predicted molar refractivity (Wildman–Crippen MR) is 118 cm³/mol. The van der Waals surface area contributed by atoms with Gasteiger partial charge in [0.05, 0.1) is 13.2 Å². The third kappa shape index (κ3) is 12.7. The molecule has 1 rings (SSSR count). The average molecular weight is 415 g/mol. The molecule has 0 aliphatic carbocycles. The second-order valence-electron chi connectivity index (χ2n) is 8.39. The normalized spacial score (nSPS) is 23.2. The SMILES string of the molecule is CCCCCCCCCCCCC/C=C/CCCO[C@@H]1CO[C@@H]([C@@H](O)CO)[C@H]1O. The van der Waals surface area contributed by atoms with E-state index in [-0.39, 0.29) is 6.61 Å². The van der Waals surface area contributed by atoms with Crippen molar-refractivity contribution in [1.29, 1.82) is 0 Å². The number of ether oxygens (including phenoxy) is 2. The molecule has 0 bridgehead atoms. The lowest BCUT2D eigenvalue weighted by molar-refractivity contribution is -0.0729. The molecule has 1 fully saturated rings. The molecule has 0 aromatic rings. The molecule has 0 unspecified atom stereocenters. The molecule has 0 aromatic heterocycles. The lowest BCUT2D eigenvalue weighted by Gasteiger charge is -2.20. The van der Waals surface area contributed by atoms with Gasteiger partial charge in [-0.2, -0.15) is 0 Å². The third-order valence-electron chi connectivity index (χ3n) is 5.72. The highest BCUT2D eigenvalue weighted by Gasteiger charge is 2.40. The second kappa shape index (κ2) is 18.3. The molecular formula is C24H46O5. The molecule has 0 aromatic carbocycles. The van der Waals surface area contributed by atoms with E-state index in [0.717, 1.165) is 19.3 Å². The van der Waals surface area contributed by atoms with Gasteiger partial charge in [0.2, 0.25) is 0 Å². The van der Waals surface area contributed by atoms with E-state index < -0.39 is 31.0 Å². The highest BCUT2D eigenvalue weighted by atomic mass is 16.6. The van der Waals surface area contributed by atoms with Crippen LogP contribution in [-0.4, -0.2) is 59.6 Å². The summed E-state index contributed by atoms with van der Waals surface area (Å²) >= 11 is 0. The van der Waals surface area contributed by atoms with Crippen molar-refractivity contribution in [3.63, 3.8) is 0 Å². The number of aliphatic hydroxyl groups excluding tert-OH is 3. The lowest BCUT2D eigenvalue weighted by Crippen LogP contribution is -2.41. The van der Waals surface area contributed by atoms with E-state index in [2.05, 4.69) is 19.1 Å². The monoisotopic (exact) mass is 414 g/mol. The first-order valence-corrected chi connectivity index (χ1v) is 12.1. The van der Waals surface area contributed by atoms with Gasteiger partial charge in [0, 0.05) is 6.61 Å². The Bertz CT molecular complexity index is 387. The summed E-state index contributed by atoms with van der Waals surface area (Å²) in [4.78, 5) is 0. The van der Waals surface area contributed by atoms with E-state index in [1.165, 1.54) is 70.6 Å². The van der Waals surface area contributed by atoms with E-state index in [1.807, 2.05) is 0 Å². The van der Waals surface area contributed by atoms with Crippen LogP contribution in [0.15, 0.2) is 12.2 Å². The lowest BCUT2D eigenvalue weighted by atomic mass is 10.1. The van der Waals surface area contributed by atoms with Gasteiger partial charge < -0.3 is 24.8 Å². The van der Waals surface area contributed by atoms with E-state index in [9.17, 15) is 10.2 Å². The first-order chi connectivity index (χ1) is 14.2. The van der Waals surface area contributed by atoms with Crippen molar-refractivity contribution < 1.29 is 24.8 Å². The quantitative estimate of drug-likeness (QED) is 0.214. The Morgan fingerprint density at radius 3 is 2.03 bits per heavy atom. The Kier molecular flexibility index (Phi) is 16.8. The van der Waals surface area contributed by atoms with E-state index in [0.29, 0.717) is 6.61 Å². The molecule has 3 N–H and O–H groups in total. The van der Waals surface area contributed by atoms with Gasteiger partial charge >= 0.3 is 0 Å². The molecule has 0 spiro atoms. The van der Waals surface area contributed by atoms with E-state index in [1.54, 1.807) is 0 Å². The number of rotatable bonds is 19. The van der Waals surface area contributed by atoms with Gasteiger partial charge in [0.15, 0.2) is 0 Å². The van der Waals surface area contributed by atoms with Crippen LogP contribution in [0.4, 0.5) is 0 Å². The van der Waals surface area contributed by atoms with Crippen molar-refractivity contribution in [2.45, 2.75) is 121 Å². The summed E-state index contributed by atoms with van der Waals surface area (Å²) in [5.41, 5.74) is 0.